The highest BCUT2D eigenvalue weighted by atomic mass is 32.1. The average molecular weight is 425 g/mol. The molecule has 1 saturated heterocycles. The number of hydrogen-bond donors (Lipinski definition) is 1. The van der Waals surface area contributed by atoms with E-state index in [2.05, 4.69) is 34.8 Å². The number of benzene rings is 1. The van der Waals surface area contributed by atoms with E-state index in [4.69, 9.17) is 17.0 Å². The molecular formula is C23H25FN4OS. The van der Waals surface area contributed by atoms with Crippen LogP contribution in [0.2, 0.25) is 0 Å². The van der Waals surface area contributed by atoms with Gasteiger partial charge < -0.3 is 19.5 Å². The molecule has 7 heteroatoms. The molecule has 156 valence electrons. The standard InChI is InChI=1S/C23H25FN4OS/c1-15-14-17(16(2)27(15)12-13-29-3)22-21(19-9-6-7-11-25-19)26-23(30)28(22)20-10-5-4-8-18(20)24/h4-11,14,21-22H,12-13H2,1-3H3,(H,26,30)/t21-,22-/m1/s1. The van der Waals surface area contributed by atoms with Crippen molar-refractivity contribution in [3.63, 3.8) is 0 Å². The Labute approximate surface area is 181 Å². The van der Waals surface area contributed by atoms with Crippen molar-refractivity contribution in [1.82, 2.24) is 14.9 Å². The lowest BCUT2D eigenvalue weighted by Gasteiger charge is -2.28. The molecule has 1 N–H and O–H groups in total. The van der Waals surface area contributed by atoms with Crippen molar-refractivity contribution in [2.75, 3.05) is 18.6 Å². The largest absolute Gasteiger partial charge is 0.383 e. The van der Waals surface area contributed by atoms with Gasteiger partial charge in [0.2, 0.25) is 0 Å². The lowest BCUT2D eigenvalue weighted by atomic mass is 9.96. The zero-order valence-corrected chi connectivity index (χ0v) is 18.1. The number of methoxy groups -OCH3 is 1. The maximum absolute atomic E-state index is 14.8. The third-order valence-electron chi connectivity index (χ3n) is 5.66. The van der Waals surface area contributed by atoms with E-state index in [0.29, 0.717) is 17.4 Å². The van der Waals surface area contributed by atoms with Crippen LogP contribution in [-0.4, -0.2) is 28.4 Å². The molecule has 1 aliphatic heterocycles. The van der Waals surface area contributed by atoms with Gasteiger partial charge >= 0.3 is 0 Å². The maximum Gasteiger partial charge on any atom is 0.174 e. The maximum atomic E-state index is 14.8. The number of nitrogens with one attached hydrogen (secondary N) is 1. The molecule has 0 amide bonds. The topological polar surface area (TPSA) is 42.3 Å². The normalized spacial score (nSPS) is 18.7. The molecule has 30 heavy (non-hydrogen) atoms. The van der Waals surface area contributed by atoms with Crippen LogP contribution in [0.3, 0.4) is 0 Å². The van der Waals surface area contributed by atoms with Crippen molar-refractivity contribution >= 4 is 23.0 Å². The number of rotatable bonds is 6. The van der Waals surface area contributed by atoms with Gasteiger partial charge in [-0.2, -0.15) is 0 Å². The van der Waals surface area contributed by atoms with E-state index in [1.165, 1.54) is 6.07 Å². The van der Waals surface area contributed by atoms with Crippen LogP contribution >= 0.6 is 12.2 Å². The second-order valence-electron chi connectivity index (χ2n) is 7.42. The first-order chi connectivity index (χ1) is 14.5. The molecular weight excluding hydrogens is 399 g/mol. The highest BCUT2D eigenvalue weighted by Gasteiger charge is 2.42. The van der Waals surface area contributed by atoms with Crippen LogP contribution in [-0.2, 0) is 11.3 Å². The molecule has 0 aliphatic carbocycles. The molecule has 0 saturated carbocycles. The number of pyridine rings is 1. The van der Waals surface area contributed by atoms with Gasteiger partial charge in [0.05, 0.1) is 30.1 Å². The van der Waals surface area contributed by atoms with Crippen molar-refractivity contribution in [3.05, 3.63) is 83.2 Å². The SMILES string of the molecule is COCCn1c(C)cc([C@@H]2[C@@H](c3ccccn3)NC(=S)N2c2ccccc2F)c1C. The smallest absolute Gasteiger partial charge is 0.174 e. The second-order valence-corrected chi connectivity index (χ2v) is 7.81. The van der Waals surface area contributed by atoms with Crippen LogP contribution in [0.1, 0.15) is 34.7 Å². The Hall–Kier alpha value is -2.77. The number of hydrogen-bond acceptors (Lipinski definition) is 3. The summed E-state index contributed by atoms with van der Waals surface area (Å²) >= 11 is 5.68. The van der Waals surface area contributed by atoms with Crippen molar-refractivity contribution < 1.29 is 9.13 Å². The second kappa shape index (κ2) is 8.53. The highest BCUT2D eigenvalue weighted by molar-refractivity contribution is 7.80. The van der Waals surface area contributed by atoms with Crippen LogP contribution in [0.5, 0.6) is 0 Å². The van der Waals surface area contributed by atoms with Gasteiger partial charge in [-0.05, 0) is 62.0 Å². The Kier molecular flexibility index (Phi) is 5.83. The van der Waals surface area contributed by atoms with Crippen LogP contribution in [0.4, 0.5) is 10.1 Å². The predicted molar refractivity (Wildman–Crippen MR) is 120 cm³/mol. The third-order valence-corrected chi connectivity index (χ3v) is 5.98. The van der Waals surface area contributed by atoms with Crippen molar-refractivity contribution in [2.45, 2.75) is 32.5 Å². The van der Waals surface area contributed by atoms with E-state index < -0.39 is 0 Å². The van der Waals surface area contributed by atoms with E-state index in [1.54, 1.807) is 25.4 Å². The number of anilines is 1. The molecule has 1 aromatic carbocycles. The summed E-state index contributed by atoms with van der Waals surface area (Å²) in [6.45, 7) is 5.55. The van der Waals surface area contributed by atoms with Gasteiger partial charge in [0.1, 0.15) is 5.82 Å². The van der Waals surface area contributed by atoms with Crippen LogP contribution in [0.25, 0.3) is 0 Å². The first kappa shape index (κ1) is 20.5. The highest BCUT2D eigenvalue weighted by Crippen LogP contribution is 2.43. The Balaban J connectivity index is 1.86. The molecule has 0 unspecified atom stereocenters. The Morgan fingerprint density at radius 2 is 1.93 bits per heavy atom. The summed E-state index contributed by atoms with van der Waals surface area (Å²) in [5, 5.41) is 3.88. The monoisotopic (exact) mass is 424 g/mol. The zero-order chi connectivity index (χ0) is 21.3. The lowest BCUT2D eigenvalue weighted by Crippen LogP contribution is -2.30. The number of halogens is 1. The van der Waals surface area contributed by atoms with Gasteiger partial charge in [-0.3, -0.25) is 4.98 Å². The molecule has 0 bridgehead atoms. The van der Waals surface area contributed by atoms with Crippen molar-refractivity contribution in [3.8, 4) is 0 Å². The Morgan fingerprint density at radius 3 is 2.63 bits per heavy atom. The Morgan fingerprint density at radius 1 is 1.17 bits per heavy atom. The molecule has 0 radical (unpaired) electrons. The summed E-state index contributed by atoms with van der Waals surface area (Å²) in [6, 6.07) is 14.3. The van der Waals surface area contributed by atoms with Gasteiger partial charge in [0.25, 0.3) is 0 Å². The number of thiocarbonyl (C=S) groups is 1. The third kappa shape index (κ3) is 3.59. The first-order valence-electron chi connectivity index (χ1n) is 9.93. The van der Waals surface area contributed by atoms with Gasteiger partial charge in [-0.15, -0.1) is 0 Å². The minimum Gasteiger partial charge on any atom is -0.383 e. The van der Waals surface area contributed by atoms with Gasteiger partial charge in [0, 0.05) is 31.2 Å². The zero-order valence-electron chi connectivity index (χ0n) is 17.3. The Bertz CT molecular complexity index is 1050. The minimum atomic E-state index is -0.304. The van der Waals surface area contributed by atoms with Crippen LogP contribution in [0.15, 0.2) is 54.7 Å². The summed E-state index contributed by atoms with van der Waals surface area (Å²) in [5.41, 5.74) is 4.66. The molecule has 1 fully saturated rings. The fourth-order valence-corrected chi connectivity index (χ4v) is 4.57. The predicted octanol–water partition coefficient (Wildman–Crippen LogP) is 4.46. The molecule has 4 rings (SSSR count). The van der Waals surface area contributed by atoms with Crippen LogP contribution in [0, 0.1) is 19.7 Å². The molecule has 2 aromatic heterocycles. The van der Waals surface area contributed by atoms with Crippen LogP contribution < -0.4 is 10.2 Å². The van der Waals surface area contributed by atoms with E-state index in [1.807, 2.05) is 29.2 Å². The molecule has 0 spiro atoms. The van der Waals surface area contributed by atoms with E-state index in [9.17, 15) is 4.39 Å². The average Bonchev–Trinajstić information content (AvgIpc) is 3.23. The molecule has 5 nitrogen and oxygen atoms in total. The molecule has 3 heterocycles. The summed E-state index contributed by atoms with van der Waals surface area (Å²) in [4.78, 5) is 6.44. The number of nitrogens with zero attached hydrogens (tertiary/aromatic N) is 3. The van der Waals surface area contributed by atoms with Crippen molar-refractivity contribution in [2.24, 2.45) is 0 Å². The number of aromatic nitrogens is 2. The number of para-hydroxylation sites is 1. The molecule has 1 aliphatic rings. The number of ether oxygens (including phenoxy) is 1. The van der Waals surface area contributed by atoms with Gasteiger partial charge in [-0.25, -0.2) is 4.39 Å². The van der Waals surface area contributed by atoms with Gasteiger partial charge in [0.15, 0.2) is 5.11 Å². The summed E-state index contributed by atoms with van der Waals surface area (Å²) in [7, 11) is 1.70. The van der Waals surface area contributed by atoms with E-state index in [-0.39, 0.29) is 17.9 Å². The van der Waals surface area contributed by atoms with E-state index in [0.717, 1.165) is 29.2 Å². The molecule has 3 aromatic rings. The lowest BCUT2D eigenvalue weighted by molar-refractivity contribution is 0.186. The van der Waals surface area contributed by atoms with E-state index >= 15 is 0 Å². The molecule has 2 atom stereocenters. The first-order valence-corrected chi connectivity index (χ1v) is 10.3. The number of aryl methyl sites for hydroxylation is 1. The summed E-state index contributed by atoms with van der Waals surface area (Å²) in [5.74, 6) is -0.304. The summed E-state index contributed by atoms with van der Waals surface area (Å²) < 4.78 is 22.3. The van der Waals surface area contributed by atoms with Crippen molar-refractivity contribution in [1.29, 1.82) is 0 Å². The fraction of sp³-hybridized carbons (Fsp3) is 0.304. The minimum absolute atomic E-state index is 0.199. The summed E-state index contributed by atoms with van der Waals surface area (Å²) in [6.07, 6.45) is 1.77. The fourth-order valence-electron chi connectivity index (χ4n) is 4.23. The quantitative estimate of drug-likeness (QED) is 0.592. The van der Waals surface area contributed by atoms with Gasteiger partial charge in [-0.1, -0.05) is 18.2 Å².